The van der Waals surface area contributed by atoms with Gasteiger partial charge in [0.05, 0.1) is 11.2 Å². The molecule has 3 aromatic heterocycles. The molecule has 1 N–H and O–H groups in total. The van der Waals surface area contributed by atoms with Crippen LogP contribution in [0.15, 0.2) is 42.2 Å². The summed E-state index contributed by atoms with van der Waals surface area (Å²) in [4.78, 5) is 20.5. The molecular weight excluding hydrogens is 322 g/mol. The van der Waals surface area contributed by atoms with Gasteiger partial charge in [-0.1, -0.05) is 18.2 Å². The zero-order valence-electron chi connectivity index (χ0n) is 12.8. The Morgan fingerprint density at radius 3 is 3.21 bits per heavy atom. The van der Waals surface area contributed by atoms with Crippen LogP contribution in [0.4, 0.5) is 0 Å². The molecule has 5 rings (SSSR count). The first-order valence-electron chi connectivity index (χ1n) is 7.93. The Kier molecular flexibility index (Phi) is 2.96. The van der Waals surface area contributed by atoms with E-state index in [0.717, 1.165) is 29.6 Å². The van der Waals surface area contributed by atoms with Crippen molar-refractivity contribution < 1.29 is 4.79 Å². The van der Waals surface area contributed by atoms with E-state index in [1.165, 1.54) is 4.83 Å². The molecule has 4 aromatic rings. The minimum Gasteiger partial charge on any atom is -0.337 e. The van der Waals surface area contributed by atoms with E-state index < -0.39 is 0 Å². The summed E-state index contributed by atoms with van der Waals surface area (Å²) in [5, 5.41) is 10.1. The second kappa shape index (κ2) is 5.17. The van der Waals surface area contributed by atoms with Crippen molar-refractivity contribution in [3.63, 3.8) is 0 Å². The summed E-state index contributed by atoms with van der Waals surface area (Å²) in [5.41, 5.74) is 2.51. The lowest BCUT2D eigenvalue weighted by molar-refractivity contribution is 0.0787. The normalized spacial score (nSPS) is 18.0. The molecule has 1 saturated heterocycles. The summed E-state index contributed by atoms with van der Waals surface area (Å²) in [5.74, 6) is 0.291. The SMILES string of the molecule is O=C(c1n[nH]c2ccccc12)N1CCC(c2ncn3ccsc23)C1. The first-order valence-corrected chi connectivity index (χ1v) is 8.81. The average molecular weight is 337 g/mol. The molecule has 1 unspecified atom stereocenters. The molecule has 1 aromatic carbocycles. The maximum Gasteiger partial charge on any atom is 0.275 e. The second-order valence-corrected chi connectivity index (χ2v) is 6.99. The summed E-state index contributed by atoms with van der Waals surface area (Å²) in [7, 11) is 0. The number of fused-ring (bicyclic) bond motifs is 2. The Morgan fingerprint density at radius 1 is 1.33 bits per heavy atom. The van der Waals surface area contributed by atoms with E-state index in [0.29, 0.717) is 18.2 Å². The van der Waals surface area contributed by atoms with Crippen LogP contribution in [0.5, 0.6) is 0 Å². The lowest BCUT2D eigenvalue weighted by Crippen LogP contribution is -2.29. The number of hydrogen-bond donors (Lipinski definition) is 1. The molecule has 24 heavy (non-hydrogen) atoms. The number of nitrogens with zero attached hydrogens (tertiary/aromatic N) is 4. The average Bonchev–Trinajstić information content (AvgIpc) is 3.35. The molecule has 1 fully saturated rings. The Hall–Kier alpha value is -2.67. The van der Waals surface area contributed by atoms with Crippen molar-refractivity contribution in [2.24, 2.45) is 0 Å². The number of para-hydroxylation sites is 1. The quantitative estimate of drug-likeness (QED) is 0.611. The lowest BCUT2D eigenvalue weighted by Gasteiger charge is -2.14. The zero-order valence-corrected chi connectivity index (χ0v) is 13.7. The van der Waals surface area contributed by atoms with Crippen molar-refractivity contribution in [1.82, 2.24) is 24.5 Å². The van der Waals surface area contributed by atoms with Gasteiger partial charge >= 0.3 is 0 Å². The van der Waals surface area contributed by atoms with Crippen LogP contribution < -0.4 is 0 Å². The third-order valence-corrected chi connectivity index (χ3v) is 5.61. The topological polar surface area (TPSA) is 66.3 Å². The number of aromatic nitrogens is 4. The molecule has 0 aliphatic carbocycles. The number of likely N-dealkylation sites (tertiary alicyclic amines) is 1. The van der Waals surface area contributed by atoms with Crippen molar-refractivity contribution in [1.29, 1.82) is 0 Å². The third-order valence-electron chi connectivity index (χ3n) is 4.71. The molecule has 6 nitrogen and oxygen atoms in total. The maximum absolute atomic E-state index is 12.9. The molecule has 120 valence electrons. The van der Waals surface area contributed by atoms with Gasteiger partial charge in [-0.2, -0.15) is 5.10 Å². The van der Waals surface area contributed by atoms with Gasteiger partial charge < -0.3 is 4.90 Å². The van der Waals surface area contributed by atoms with Crippen LogP contribution in [0.3, 0.4) is 0 Å². The van der Waals surface area contributed by atoms with Gasteiger partial charge in [0.2, 0.25) is 0 Å². The number of benzene rings is 1. The van der Waals surface area contributed by atoms with Gasteiger partial charge in [0, 0.05) is 36.0 Å². The van der Waals surface area contributed by atoms with Gasteiger partial charge in [0.1, 0.15) is 11.2 Å². The molecule has 0 spiro atoms. The van der Waals surface area contributed by atoms with Crippen LogP contribution >= 0.6 is 11.3 Å². The van der Waals surface area contributed by atoms with Crippen LogP contribution in [-0.2, 0) is 0 Å². The fourth-order valence-electron chi connectivity index (χ4n) is 3.48. The maximum atomic E-state index is 12.9. The molecule has 0 bridgehead atoms. The van der Waals surface area contributed by atoms with Crippen LogP contribution in [0.25, 0.3) is 15.7 Å². The molecule has 1 amide bonds. The van der Waals surface area contributed by atoms with Gasteiger partial charge in [0.15, 0.2) is 5.69 Å². The first kappa shape index (κ1) is 13.7. The van der Waals surface area contributed by atoms with E-state index >= 15 is 0 Å². The van der Waals surface area contributed by atoms with Crippen molar-refractivity contribution in [2.75, 3.05) is 13.1 Å². The summed E-state index contributed by atoms with van der Waals surface area (Å²) in [6, 6.07) is 7.74. The fourth-order valence-corrected chi connectivity index (χ4v) is 4.37. The van der Waals surface area contributed by atoms with Crippen molar-refractivity contribution in [3.8, 4) is 0 Å². The first-order chi connectivity index (χ1) is 11.8. The predicted octanol–water partition coefficient (Wildman–Crippen LogP) is 2.90. The van der Waals surface area contributed by atoms with Crippen LogP contribution in [0.2, 0.25) is 0 Å². The van der Waals surface area contributed by atoms with Gasteiger partial charge in [0.25, 0.3) is 5.91 Å². The van der Waals surface area contributed by atoms with Gasteiger partial charge in [-0.25, -0.2) is 4.98 Å². The summed E-state index contributed by atoms with van der Waals surface area (Å²) in [6.45, 7) is 1.44. The Balaban J connectivity index is 1.43. The van der Waals surface area contributed by atoms with Gasteiger partial charge in [-0.15, -0.1) is 11.3 Å². The number of carbonyl (C=O) groups excluding carboxylic acids is 1. The Morgan fingerprint density at radius 2 is 2.25 bits per heavy atom. The molecular formula is C17H15N5OS. The highest BCUT2D eigenvalue weighted by Crippen LogP contribution is 2.32. The highest BCUT2D eigenvalue weighted by Gasteiger charge is 2.32. The number of aromatic amines is 1. The smallest absolute Gasteiger partial charge is 0.275 e. The molecule has 1 atom stereocenters. The highest BCUT2D eigenvalue weighted by atomic mass is 32.1. The number of imidazole rings is 1. The number of thiazole rings is 1. The number of nitrogens with one attached hydrogen (secondary N) is 1. The van der Waals surface area contributed by atoms with E-state index in [1.807, 2.05) is 46.1 Å². The third kappa shape index (κ3) is 1.98. The second-order valence-electron chi connectivity index (χ2n) is 6.10. The summed E-state index contributed by atoms with van der Waals surface area (Å²) in [6.07, 6.45) is 4.82. The van der Waals surface area contributed by atoms with E-state index in [2.05, 4.69) is 20.6 Å². The largest absolute Gasteiger partial charge is 0.337 e. The summed E-state index contributed by atoms with van der Waals surface area (Å²) < 4.78 is 2.05. The minimum absolute atomic E-state index is 0.00316. The van der Waals surface area contributed by atoms with Crippen LogP contribution in [-0.4, -0.2) is 43.5 Å². The standard InChI is InChI=1S/C17H15N5OS/c23-16(15-12-3-1-2-4-13(12)19-20-15)21-6-5-11(9-21)14-17-22(10-18-14)7-8-24-17/h1-4,7-8,10-11H,5-6,9H2,(H,19,20). The number of carbonyl (C=O) groups is 1. The fraction of sp³-hybridized carbons (Fsp3) is 0.235. The Bertz CT molecular complexity index is 1050. The summed E-state index contributed by atoms with van der Waals surface area (Å²) >= 11 is 1.70. The highest BCUT2D eigenvalue weighted by molar-refractivity contribution is 7.15. The van der Waals surface area contributed by atoms with E-state index in [9.17, 15) is 4.79 Å². The molecule has 4 heterocycles. The van der Waals surface area contributed by atoms with Gasteiger partial charge in [-0.3, -0.25) is 14.3 Å². The monoisotopic (exact) mass is 337 g/mol. The molecule has 1 aliphatic heterocycles. The van der Waals surface area contributed by atoms with Gasteiger partial charge in [-0.05, 0) is 12.5 Å². The number of amides is 1. The molecule has 7 heteroatoms. The predicted molar refractivity (Wildman–Crippen MR) is 92.4 cm³/mol. The number of H-pyrrole nitrogens is 1. The van der Waals surface area contributed by atoms with E-state index in [4.69, 9.17) is 0 Å². The molecule has 1 aliphatic rings. The van der Waals surface area contributed by atoms with Crippen LogP contribution in [0.1, 0.15) is 28.5 Å². The van der Waals surface area contributed by atoms with Crippen LogP contribution in [0, 0.1) is 0 Å². The minimum atomic E-state index is -0.00316. The lowest BCUT2D eigenvalue weighted by atomic mass is 10.1. The van der Waals surface area contributed by atoms with Crippen molar-refractivity contribution >= 4 is 33.0 Å². The molecule has 0 saturated carbocycles. The van der Waals surface area contributed by atoms with E-state index in [-0.39, 0.29) is 5.91 Å². The number of hydrogen-bond acceptors (Lipinski definition) is 4. The van der Waals surface area contributed by atoms with Crippen molar-refractivity contribution in [2.45, 2.75) is 12.3 Å². The number of rotatable bonds is 2. The van der Waals surface area contributed by atoms with E-state index in [1.54, 1.807) is 11.3 Å². The molecule has 0 radical (unpaired) electrons. The Labute approximate surface area is 141 Å². The zero-order chi connectivity index (χ0) is 16.1. The van der Waals surface area contributed by atoms with Crippen molar-refractivity contribution in [3.05, 3.63) is 53.6 Å².